The lowest BCUT2D eigenvalue weighted by atomic mass is 10.0. The number of aryl methyl sites for hydroxylation is 1. The van der Waals surface area contributed by atoms with Crippen LogP contribution in [0.5, 0.6) is 11.5 Å². The van der Waals surface area contributed by atoms with Crippen molar-refractivity contribution < 1.29 is 19.1 Å². The van der Waals surface area contributed by atoms with Crippen LogP contribution in [0, 0.1) is 0 Å². The number of hydrogen-bond donors (Lipinski definition) is 1. The largest absolute Gasteiger partial charge is 0.497 e. The van der Waals surface area contributed by atoms with Gasteiger partial charge in [0.1, 0.15) is 17.2 Å². The van der Waals surface area contributed by atoms with E-state index in [1.807, 2.05) is 49.6 Å². The van der Waals surface area contributed by atoms with Crippen LogP contribution in [0.15, 0.2) is 66.9 Å². The van der Waals surface area contributed by atoms with Crippen molar-refractivity contribution in [3.8, 4) is 11.5 Å². The van der Waals surface area contributed by atoms with Gasteiger partial charge in [0.05, 0.1) is 14.2 Å². The lowest BCUT2D eigenvalue weighted by Crippen LogP contribution is -2.41. The van der Waals surface area contributed by atoms with Crippen LogP contribution in [0.4, 0.5) is 0 Å². The molecule has 1 aromatic heterocycles. The molecule has 0 fully saturated rings. The van der Waals surface area contributed by atoms with E-state index < -0.39 is 0 Å². The summed E-state index contributed by atoms with van der Waals surface area (Å²) in [6.45, 7) is 0.445. The van der Waals surface area contributed by atoms with Crippen LogP contribution in [0.2, 0.25) is 0 Å². The molecule has 7 heteroatoms. The molecule has 0 spiro atoms. The Labute approximate surface area is 194 Å². The molecule has 0 saturated carbocycles. The first-order valence-electron chi connectivity index (χ1n) is 10.9. The van der Waals surface area contributed by atoms with Gasteiger partial charge in [-0.3, -0.25) is 9.59 Å². The molecule has 3 aromatic rings. The highest BCUT2D eigenvalue weighted by molar-refractivity contribution is 5.95. The van der Waals surface area contributed by atoms with Gasteiger partial charge in [-0.05, 0) is 42.7 Å². The van der Waals surface area contributed by atoms with E-state index in [9.17, 15) is 9.59 Å². The average molecular weight is 450 g/mol. The van der Waals surface area contributed by atoms with Crippen LogP contribution >= 0.6 is 0 Å². The van der Waals surface area contributed by atoms with Crippen LogP contribution < -0.4 is 14.8 Å². The highest BCUT2D eigenvalue weighted by Crippen LogP contribution is 2.24. The fourth-order valence-corrected chi connectivity index (χ4v) is 3.76. The van der Waals surface area contributed by atoms with Gasteiger partial charge in [0.2, 0.25) is 0 Å². The summed E-state index contributed by atoms with van der Waals surface area (Å²) in [6.07, 6.45) is 3.11. The number of hydrogen-bond acceptors (Lipinski definition) is 4. The molecular weight excluding hydrogens is 418 g/mol. The van der Waals surface area contributed by atoms with E-state index in [-0.39, 0.29) is 17.9 Å². The van der Waals surface area contributed by atoms with Crippen molar-refractivity contribution in [2.45, 2.75) is 18.9 Å². The van der Waals surface area contributed by atoms with Crippen molar-refractivity contribution in [3.05, 3.63) is 83.7 Å². The summed E-state index contributed by atoms with van der Waals surface area (Å²) in [4.78, 5) is 27.6. The number of benzene rings is 2. The molecule has 0 aliphatic heterocycles. The molecule has 1 heterocycles. The number of amides is 2. The standard InChI is InChI=1S/C26H31N3O4/c1-28-14-8-11-24(28)25(30)27-13-12-21(15-19-9-6-5-7-10-19)29(2)26(31)20-16-22(32-3)18-23(17-20)33-4/h5-11,14,16-18,21H,12-13,15H2,1-4H3,(H,27,30). The zero-order valence-corrected chi connectivity index (χ0v) is 19.6. The van der Waals surface area contributed by atoms with Gasteiger partial charge >= 0.3 is 0 Å². The predicted molar refractivity (Wildman–Crippen MR) is 128 cm³/mol. The summed E-state index contributed by atoms with van der Waals surface area (Å²) in [5.74, 6) is 0.843. The van der Waals surface area contributed by atoms with Crippen molar-refractivity contribution in [2.24, 2.45) is 7.05 Å². The number of nitrogens with zero attached hydrogens (tertiary/aromatic N) is 2. The van der Waals surface area contributed by atoms with Crippen molar-refractivity contribution in [1.29, 1.82) is 0 Å². The number of likely N-dealkylation sites (N-methyl/N-ethyl adjacent to an activating group) is 1. The highest BCUT2D eigenvalue weighted by Gasteiger charge is 2.23. The van der Waals surface area contributed by atoms with E-state index in [1.165, 1.54) is 0 Å². The smallest absolute Gasteiger partial charge is 0.267 e. The van der Waals surface area contributed by atoms with Crippen molar-refractivity contribution in [1.82, 2.24) is 14.8 Å². The number of aromatic nitrogens is 1. The van der Waals surface area contributed by atoms with E-state index in [4.69, 9.17) is 9.47 Å². The summed E-state index contributed by atoms with van der Waals surface area (Å²) >= 11 is 0. The van der Waals surface area contributed by atoms with Gasteiger partial charge in [0, 0.05) is 44.5 Å². The molecule has 0 aliphatic rings. The number of methoxy groups -OCH3 is 2. The average Bonchev–Trinajstić information content (AvgIpc) is 3.28. The van der Waals surface area contributed by atoms with Crippen LogP contribution in [-0.4, -0.2) is 55.1 Å². The molecule has 33 heavy (non-hydrogen) atoms. The van der Waals surface area contributed by atoms with Crippen molar-refractivity contribution in [3.63, 3.8) is 0 Å². The van der Waals surface area contributed by atoms with Gasteiger partial charge in [0.25, 0.3) is 11.8 Å². The minimum atomic E-state index is -0.137. The van der Waals surface area contributed by atoms with E-state index in [0.29, 0.717) is 42.1 Å². The van der Waals surface area contributed by atoms with E-state index in [2.05, 4.69) is 5.32 Å². The SMILES string of the molecule is COc1cc(OC)cc(C(=O)N(C)C(CCNC(=O)c2cccn2C)Cc2ccccc2)c1. The third-order valence-corrected chi connectivity index (χ3v) is 5.72. The number of carbonyl (C=O) groups excluding carboxylic acids is 2. The molecule has 174 valence electrons. The molecule has 1 unspecified atom stereocenters. The highest BCUT2D eigenvalue weighted by atomic mass is 16.5. The van der Waals surface area contributed by atoms with Crippen LogP contribution in [0.3, 0.4) is 0 Å². The number of carbonyl (C=O) groups is 2. The molecule has 0 aliphatic carbocycles. The Morgan fingerprint density at radius 3 is 2.24 bits per heavy atom. The van der Waals surface area contributed by atoms with Gasteiger partial charge in [-0.1, -0.05) is 30.3 Å². The Balaban J connectivity index is 1.76. The number of ether oxygens (including phenoxy) is 2. The topological polar surface area (TPSA) is 72.8 Å². The van der Waals surface area contributed by atoms with Crippen LogP contribution in [0.1, 0.15) is 32.8 Å². The molecule has 0 saturated heterocycles. The van der Waals surface area contributed by atoms with Gasteiger partial charge < -0.3 is 24.3 Å². The molecule has 0 bridgehead atoms. The Morgan fingerprint density at radius 2 is 1.67 bits per heavy atom. The first kappa shape index (κ1) is 23.9. The van der Waals surface area contributed by atoms with E-state index in [1.54, 1.807) is 55.0 Å². The Kier molecular flexibility index (Phi) is 8.13. The first-order chi connectivity index (χ1) is 15.9. The normalized spacial score (nSPS) is 11.5. The third-order valence-electron chi connectivity index (χ3n) is 5.72. The number of rotatable bonds is 10. The predicted octanol–water partition coefficient (Wildman–Crippen LogP) is 3.55. The first-order valence-corrected chi connectivity index (χ1v) is 10.9. The van der Waals surface area contributed by atoms with Gasteiger partial charge in [-0.15, -0.1) is 0 Å². The molecular formula is C26H31N3O4. The minimum absolute atomic E-state index is 0.120. The Bertz CT molecular complexity index is 1060. The maximum Gasteiger partial charge on any atom is 0.267 e. The maximum atomic E-state index is 13.4. The lowest BCUT2D eigenvalue weighted by Gasteiger charge is -2.29. The van der Waals surface area contributed by atoms with Crippen molar-refractivity contribution in [2.75, 3.05) is 27.8 Å². The van der Waals surface area contributed by atoms with Gasteiger partial charge in [0.15, 0.2) is 0 Å². The van der Waals surface area contributed by atoms with Crippen molar-refractivity contribution >= 4 is 11.8 Å². The zero-order valence-electron chi connectivity index (χ0n) is 19.6. The third kappa shape index (κ3) is 6.16. The second kappa shape index (κ2) is 11.2. The molecule has 1 atom stereocenters. The lowest BCUT2D eigenvalue weighted by molar-refractivity contribution is 0.0722. The zero-order chi connectivity index (χ0) is 23.8. The van der Waals surface area contributed by atoms with Gasteiger partial charge in [-0.2, -0.15) is 0 Å². The maximum absolute atomic E-state index is 13.4. The number of nitrogens with one attached hydrogen (secondary N) is 1. The second-order valence-corrected chi connectivity index (χ2v) is 7.91. The Hall–Kier alpha value is -3.74. The summed E-state index contributed by atoms with van der Waals surface area (Å²) in [5.41, 5.74) is 2.21. The van der Waals surface area contributed by atoms with Crippen LogP contribution in [-0.2, 0) is 13.5 Å². The monoisotopic (exact) mass is 449 g/mol. The Morgan fingerprint density at radius 1 is 1.00 bits per heavy atom. The quantitative estimate of drug-likeness (QED) is 0.514. The summed E-state index contributed by atoms with van der Waals surface area (Å²) < 4.78 is 12.4. The molecule has 3 rings (SSSR count). The second-order valence-electron chi connectivity index (χ2n) is 7.91. The summed E-state index contributed by atoms with van der Waals surface area (Å²) in [7, 11) is 6.74. The molecule has 2 aromatic carbocycles. The molecule has 0 radical (unpaired) electrons. The molecule has 1 N–H and O–H groups in total. The van der Waals surface area contributed by atoms with E-state index >= 15 is 0 Å². The van der Waals surface area contributed by atoms with E-state index in [0.717, 1.165) is 5.56 Å². The fourth-order valence-electron chi connectivity index (χ4n) is 3.76. The summed E-state index contributed by atoms with van der Waals surface area (Å²) in [6, 6.07) is 18.7. The molecule has 2 amide bonds. The van der Waals surface area contributed by atoms with Crippen LogP contribution in [0.25, 0.3) is 0 Å². The minimum Gasteiger partial charge on any atom is -0.497 e. The molecule has 7 nitrogen and oxygen atoms in total. The summed E-state index contributed by atoms with van der Waals surface area (Å²) in [5, 5.41) is 2.97. The van der Waals surface area contributed by atoms with Gasteiger partial charge in [-0.25, -0.2) is 0 Å². The fraction of sp³-hybridized carbons (Fsp3) is 0.308.